The van der Waals surface area contributed by atoms with E-state index in [0.717, 1.165) is 27.9 Å². The number of allylic oxidation sites excluding steroid dienone is 2. The van der Waals surface area contributed by atoms with Crippen LogP contribution in [0.2, 0.25) is 5.02 Å². The summed E-state index contributed by atoms with van der Waals surface area (Å²) in [4.78, 5) is 0. The Bertz CT molecular complexity index is 375. The third-order valence-electron chi connectivity index (χ3n) is 2.43. The van der Waals surface area contributed by atoms with Gasteiger partial charge in [0.15, 0.2) is 0 Å². The Morgan fingerprint density at radius 2 is 2.14 bits per heavy atom. The first-order valence-electron chi connectivity index (χ1n) is 4.62. The van der Waals surface area contributed by atoms with E-state index in [1.807, 2.05) is 6.07 Å². The summed E-state index contributed by atoms with van der Waals surface area (Å²) in [6.45, 7) is 0. The maximum absolute atomic E-state index is 6.16. The van der Waals surface area contributed by atoms with Crippen molar-refractivity contribution in [2.75, 3.05) is 5.73 Å². The molecule has 14 heavy (non-hydrogen) atoms. The van der Waals surface area contributed by atoms with E-state index in [1.165, 1.54) is 12.0 Å². The number of anilines is 1. The van der Waals surface area contributed by atoms with Crippen LogP contribution in [0.15, 0.2) is 22.7 Å². The molecule has 1 aromatic carbocycles. The second-order valence-electron chi connectivity index (χ2n) is 3.48. The zero-order valence-corrected chi connectivity index (χ0v) is 10.0. The molecule has 0 amide bonds. The molecule has 2 rings (SSSR count). The van der Waals surface area contributed by atoms with Crippen LogP contribution in [0.3, 0.4) is 0 Å². The van der Waals surface area contributed by atoms with Crippen molar-refractivity contribution in [2.24, 2.45) is 0 Å². The molecule has 0 fully saturated rings. The highest BCUT2D eigenvalue weighted by atomic mass is 79.9. The van der Waals surface area contributed by atoms with Crippen LogP contribution < -0.4 is 5.73 Å². The first-order chi connectivity index (χ1) is 6.68. The Kier molecular flexibility index (Phi) is 2.84. The van der Waals surface area contributed by atoms with Crippen LogP contribution in [0, 0.1) is 0 Å². The van der Waals surface area contributed by atoms with Crippen LogP contribution in [-0.2, 0) is 0 Å². The molecule has 1 aliphatic carbocycles. The van der Waals surface area contributed by atoms with E-state index in [1.54, 1.807) is 6.07 Å². The van der Waals surface area contributed by atoms with Crippen molar-refractivity contribution in [1.82, 2.24) is 0 Å². The third kappa shape index (κ3) is 1.82. The molecule has 0 unspecified atom stereocenters. The van der Waals surface area contributed by atoms with Crippen molar-refractivity contribution in [3.8, 4) is 0 Å². The molecule has 0 saturated heterocycles. The van der Waals surface area contributed by atoms with E-state index >= 15 is 0 Å². The molecule has 0 atom stereocenters. The number of halogens is 2. The van der Waals surface area contributed by atoms with Crippen molar-refractivity contribution in [2.45, 2.75) is 19.3 Å². The molecule has 0 saturated carbocycles. The average molecular weight is 273 g/mol. The maximum atomic E-state index is 6.16. The summed E-state index contributed by atoms with van der Waals surface area (Å²) in [7, 11) is 0. The Morgan fingerprint density at radius 3 is 2.71 bits per heavy atom. The predicted octanol–water partition coefficient (Wildman–Crippen LogP) is 4.25. The lowest BCUT2D eigenvalue weighted by Gasteiger charge is -2.09. The molecule has 0 aliphatic heterocycles. The fraction of sp³-hybridized carbons (Fsp3) is 0.273. The van der Waals surface area contributed by atoms with Gasteiger partial charge in [0.05, 0.1) is 5.02 Å². The molecule has 2 N–H and O–H groups in total. The molecule has 1 aliphatic rings. The summed E-state index contributed by atoms with van der Waals surface area (Å²) in [5, 5.41) is 0.741. The van der Waals surface area contributed by atoms with E-state index in [4.69, 9.17) is 17.3 Å². The van der Waals surface area contributed by atoms with Gasteiger partial charge in [0.1, 0.15) is 0 Å². The van der Waals surface area contributed by atoms with Crippen molar-refractivity contribution in [3.05, 3.63) is 33.3 Å². The van der Waals surface area contributed by atoms with Crippen LogP contribution in [0.25, 0.3) is 5.57 Å². The fourth-order valence-corrected chi connectivity index (χ4v) is 2.99. The zero-order chi connectivity index (χ0) is 10.1. The second kappa shape index (κ2) is 3.95. The third-order valence-corrected chi connectivity index (χ3v) is 3.35. The smallest absolute Gasteiger partial charge is 0.0512 e. The second-order valence-corrected chi connectivity index (χ2v) is 4.74. The Labute approximate surface area is 97.1 Å². The monoisotopic (exact) mass is 271 g/mol. The fourth-order valence-electron chi connectivity index (χ4n) is 1.80. The van der Waals surface area contributed by atoms with E-state index in [2.05, 4.69) is 22.0 Å². The van der Waals surface area contributed by atoms with Gasteiger partial charge in [-0.3, -0.25) is 0 Å². The average Bonchev–Trinajstić information content (AvgIpc) is 2.54. The summed E-state index contributed by atoms with van der Waals surface area (Å²) in [6, 6.07) is 3.71. The number of nitrogen functional groups attached to an aromatic ring is 1. The Morgan fingerprint density at radius 1 is 1.36 bits per heavy atom. The Hall–Kier alpha value is -0.470. The number of benzene rings is 1. The first kappa shape index (κ1) is 10.1. The van der Waals surface area contributed by atoms with Gasteiger partial charge >= 0.3 is 0 Å². The molecule has 1 aromatic rings. The van der Waals surface area contributed by atoms with Crippen LogP contribution >= 0.6 is 27.5 Å². The van der Waals surface area contributed by atoms with Gasteiger partial charge < -0.3 is 5.73 Å². The summed E-state index contributed by atoms with van der Waals surface area (Å²) in [6.07, 6.45) is 5.75. The molecular weight excluding hydrogens is 261 g/mol. The van der Waals surface area contributed by atoms with Gasteiger partial charge in [-0.2, -0.15) is 0 Å². The van der Waals surface area contributed by atoms with Crippen molar-refractivity contribution in [3.63, 3.8) is 0 Å². The highest BCUT2D eigenvalue weighted by molar-refractivity contribution is 9.10. The summed E-state index contributed by atoms with van der Waals surface area (Å²) in [5.41, 5.74) is 8.84. The predicted molar refractivity (Wildman–Crippen MR) is 65.4 cm³/mol. The Balaban J connectivity index is 2.52. The molecule has 74 valence electrons. The van der Waals surface area contributed by atoms with Gasteiger partial charge in [-0.1, -0.05) is 33.6 Å². The first-order valence-corrected chi connectivity index (χ1v) is 5.79. The number of rotatable bonds is 1. The zero-order valence-electron chi connectivity index (χ0n) is 7.69. The van der Waals surface area contributed by atoms with Gasteiger partial charge in [-0.05, 0) is 37.0 Å². The van der Waals surface area contributed by atoms with Crippen LogP contribution in [0.1, 0.15) is 24.8 Å². The quantitative estimate of drug-likeness (QED) is 0.760. The minimum atomic E-state index is 0.698. The van der Waals surface area contributed by atoms with Gasteiger partial charge in [-0.15, -0.1) is 0 Å². The number of hydrogen-bond donors (Lipinski definition) is 1. The lowest BCUT2D eigenvalue weighted by atomic mass is 10.1. The van der Waals surface area contributed by atoms with Crippen LogP contribution in [0.4, 0.5) is 5.69 Å². The van der Waals surface area contributed by atoms with Crippen LogP contribution in [0.5, 0.6) is 0 Å². The van der Waals surface area contributed by atoms with Gasteiger partial charge in [0, 0.05) is 15.7 Å². The van der Waals surface area contributed by atoms with Crippen molar-refractivity contribution in [1.29, 1.82) is 0 Å². The van der Waals surface area contributed by atoms with E-state index in [9.17, 15) is 0 Å². The summed E-state index contributed by atoms with van der Waals surface area (Å²) < 4.78 is 0.996. The number of nitrogens with two attached hydrogens (primary N) is 1. The minimum Gasteiger partial charge on any atom is -0.399 e. The summed E-state index contributed by atoms with van der Waals surface area (Å²) >= 11 is 9.67. The lowest BCUT2D eigenvalue weighted by molar-refractivity contribution is 0.935. The van der Waals surface area contributed by atoms with Gasteiger partial charge in [0.2, 0.25) is 0 Å². The molecule has 0 bridgehead atoms. The van der Waals surface area contributed by atoms with Gasteiger partial charge in [0.25, 0.3) is 0 Å². The van der Waals surface area contributed by atoms with E-state index < -0.39 is 0 Å². The van der Waals surface area contributed by atoms with E-state index in [0.29, 0.717) is 5.69 Å². The topological polar surface area (TPSA) is 26.0 Å². The van der Waals surface area contributed by atoms with Crippen molar-refractivity contribution < 1.29 is 0 Å². The minimum absolute atomic E-state index is 0.698. The molecule has 0 spiro atoms. The normalized spacial score (nSPS) is 15.7. The van der Waals surface area contributed by atoms with Gasteiger partial charge in [-0.25, -0.2) is 0 Å². The largest absolute Gasteiger partial charge is 0.399 e. The standard InChI is InChI=1S/C11H11BrClN/c12-9-5-8(14)6-10(13)11(9)7-3-1-2-4-7/h3,5-6H,1-2,4,14H2. The molecule has 1 nitrogen and oxygen atoms in total. The number of hydrogen-bond acceptors (Lipinski definition) is 1. The van der Waals surface area contributed by atoms with Crippen molar-refractivity contribution >= 4 is 38.8 Å². The molecule has 0 aromatic heterocycles. The van der Waals surface area contributed by atoms with Crippen LogP contribution in [-0.4, -0.2) is 0 Å². The SMILES string of the molecule is Nc1cc(Cl)c(C2=CCCC2)c(Br)c1. The molecule has 0 radical (unpaired) electrons. The van der Waals surface area contributed by atoms with E-state index in [-0.39, 0.29) is 0 Å². The maximum Gasteiger partial charge on any atom is 0.0512 e. The molecule has 0 heterocycles. The molecule has 3 heteroatoms. The summed E-state index contributed by atoms with van der Waals surface area (Å²) in [5.74, 6) is 0. The highest BCUT2D eigenvalue weighted by Gasteiger charge is 2.14. The highest BCUT2D eigenvalue weighted by Crippen LogP contribution is 2.38. The lowest BCUT2D eigenvalue weighted by Crippen LogP contribution is -1.90. The molecular formula is C11H11BrClN.